The minimum absolute atomic E-state index is 0.0306. The average Bonchev–Trinajstić information content (AvgIpc) is 2.67. The molecule has 2 rings (SSSR count). The first-order valence-electron chi connectivity index (χ1n) is 8.22. The summed E-state index contributed by atoms with van der Waals surface area (Å²) in [6.07, 6.45) is -1.03. The first-order chi connectivity index (χ1) is 12.5. The maximum Gasteiger partial charge on any atom is 0.307 e. The Bertz CT molecular complexity index is 756. The van der Waals surface area contributed by atoms with E-state index in [0.717, 1.165) is 0 Å². The monoisotopic (exact) mass is 355 g/mol. The van der Waals surface area contributed by atoms with Gasteiger partial charge in [0.2, 0.25) is 11.7 Å². The molecule has 0 aromatic heterocycles. The Morgan fingerprint density at radius 3 is 2.23 bits per heavy atom. The van der Waals surface area contributed by atoms with Crippen molar-refractivity contribution in [2.75, 3.05) is 12.4 Å². The molecule has 0 heterocycles. The summed E-state index contributed by atoms with van der Waals surface area (Å²) in [5, 5.41) is 2.68. The minimum atomic E-state index is -0.894. The lowest BCUT2D eigenvalue weighted by Gasteiger charge is -2.12. The van der Waals surface area contributed by atoms with Crippen LogP contribution in [0.15, 0.2) is 54.6 Å². The highest BCUT2D eigenvalue weighted by atomic mass is 16.5. The van der Waals surface area contributed by atoms with Gasteiger partial charge >= 0.3 is 5.97 Å². The number of methoxy groups -OCH3 is 1. The first-order valence-corrected chi connectivity index (χ1v) is 8.22. The Morgan fingerprint density at radius 1 is 0.962 bits per heavy atom. The van der Waals surface area contributed by atoms with Crippen LogP contribution in [0.1, 0.15) is 30.1 Å². The number of anilines is 1. The lowest BCUT2D eigenvalue weighted by atomic mass is 10.1. The lowest BCUT2D eigenvalue weighted by Crippen LogP contribution is -2.25. The van der Waals surface area contributed by atoms with E-state index in [2.05, 4.69) is 5.32 Å². The zero-order valence-corrected chi connectivity index (χ0v) is 14.7. The third kappa shape index (κ3) is 5.73. The van der Waals surface area contributed by atoms with E-state index in [9.17, 15) is 14.4 Å². The van der Waals surface area contributed by atoms with Crippen LogP contribution < -0.4 is 10.1 Å². The van der Waals surface area contributed by atoms with Crippen molar-refractivity contribution in [2.45, 2.75) is 25.9 Å². The number of hydrogen-bond donors (Lipinski definition) is 1. The van der Waals surface area contributed by atoms with E-state index in [1.54, 1.807) is 61.7 Å². The fraction of sp³-hybridized carbons (Fsp3) is 0.250. The molecule has 1 amide bonds. The van der Waals surface area contributed by atoms with Crippen molar-refractivity contribution < 1.29 is 23.9 Å². The summed E-state index contributed by atoms with van der Waals surface area (Å²) in [4.78, 5) is 35.9. The second-order valence-corrected chi connectivity index (χ2v) is 5.64. The van der Waals surface area contributed by atoms with Crippen molar-refractivity contribution in [1.29, 1.82) is 0 Å². The molecule has 1 atom stereocenters. The zero-order valence-electron chi connectivity index (χ0n) is 14.7. The van der Waals surface area contributed by atoms with Crippen LogP contribution in [0.2, 0.25) is 0 Å². The number of Topliss-reactive ketones (excluding diaryl/α,β-unsaturated/α-hetero) is 1. The molecule has 1 N–H and O–H groups in total. The molecule has 0 radical (unpaired) electrons. The summed E-state index contributed by atoms with van der Waals surface area (Å²) >= 11 is 0. The molecule has 2 aromatic rings. The maximum absolute atomic E-state index is 12.1. The van der Waals surface area contributed by atoms with Gasteiger partial charge in [0.1, 0.15) is 5.75 Å². The van der Waals surface area contributed by atoms with Crippen LogP contribution in [0.4, 0.5) is 5.69 Å². The normalized spacial score (nSPS) is 11.3. The molecule has 26 heavy (non-hydrogen) atoms. The smallest absolute Gasteiger partial charge is 0.307 e. The van der Waals surface area contributed by atoms with Crippen molar-refractivity contribution in [2.24, 2.45) is 0 Å². The molecule has 0 saturated carbocycles. The Morgan fingerprint density at radius 2 is 1.62 bits per heavy atom. The van der Waals surface area contributed by atoms with Gasteiger partial charge in [0.25, 0.3) is 0 Å². The van der Waals surface area contributed by atoms with Crippen LogP contribution in [-0.2, 0) is 14.3 Å². The van der Waals surface area contributed by atoms with Crippen molar-refractivity contribution in [3.63, 3.8) is 0 Å². The molecule has 0 spiro atoms. The third-order valence-electron chi connectivity index (χ3n) is 3.67. The van der Waals surface area contributed by atoms with E-state index in [1.807, 2.05) is 0 Å². The summed E-state index contributed by atoms with van der Waals surface area (Å²) in [5.74, 6) is -0.494. The summed E-state index contributed by atoms with van der Waals surface area (Å²) < 4.78 is 10.2. The highest BCUT2D eigenvalue weighted by Crippen LogP contribution is 2.15. The topological polar surface area (TPSA) is 81.7 Å². The highest BCUT2D eigenvalue weighted by molar-refractivity contribution is 6.00. The summed E-state index contributed by atoms with van der Waals surface area (Å²) in [6.45, 7) is 1.52. The molecule has 0 saturated heterocycles. The number of amides is 1. The summed E-state index contributed by atoms with van der Waals surface area (Å²) in [5.41, 5.74) is 1.09. The average molecular weight is 355 g/mol. The summed E-state index contributed by atoms with van der Waals surface area (Å²) in [6, 6.07) is 15.5. The van der Waals surface area contributed by atoms with Gasteiger partial charge in [0, 0.05) is 17.7 Å². The van der Waals surface area contributed by atoms with Crippen molar-refractivity contribution >= 4 is 23.3 Å². The molecule has 0 fully saturated rings. The van der Waals surface area contributed by atoms with Crippen LogP contribution in [0, 0.1) is 0 Å². The predicted octanol–water partition coefficient (Wildman–Crippen LogP) is 3.23. The molecule has 0 aliphatic carbocycles. The first kappa shape index (κ1) is 19.2. The second-order valence-electron chi connectivity index (χ2n) is 5.64. The fourth-order valence-corrected chi connectivity index (χ4v) is 2.26. The van der Waals surface area contributed by atoms with Crippen molar-refractivity contribution in [3.05, 3.63) is 60.2 Å². The lowest BCUT2D eigenvalue weighted by molar-refractivity contribution is -0.147. The second kappa shape index (κ2) is 9.36. The van der Waals surface area contributed by atoms with Gasteiger partial charge in [-0.05, 0) is 31.2 Å². The third-order valence-corrected chi connectivity index (χ3v) is 3.67. The number of nitrogens with one attached hydrogen (secondary N) is 1. The molecular formula is C20H21NO5. The molecule has 0 aliphatic rings. The number of hydrogen-bond acceptors (Lipinski definition) is 5. The molecular weight excluding hydrogens is 334 g/mol. The van der Waals surface area contributed by atoms with Crippen LogP contribution >= 0.6 is 0 Å². The van der Waals surface area contributed by atoms with Crippen molar-refractivity contribution in [3.8, 4) is 5.75 Å². The molecule has 2 aromatic carbocycles. The minimum Gasteiger partial charge on any atom is -0.497 e. The maximum atomic E-state index is 12.1. The zero-order chi connectivity index (χ0) is 18.9. The van der Waals surface area contributed by atoms with Gasteiger partial charge < -0.3 is 14.8 Å². The van der Waals surface area contributed by atoms with Crippen LogP contribution in [0.3, 0.4) is 0 Å². The van der Waals surface area contributed by atoms with Gasteiger partial charge in [-0.2, -0.15) is 0 Å². The summed E-state index contributed by atoms with van der Waals surface area (Å²) in [7, 11) is 1.56. The molecule has 6 heteroatoms. The van der Waals surface area contributed by atoms with Gasteiger partial charge in [-0.15, -0.1) is 0 Å². The molecule has 0 unspecified atom stereocenters. The number of rotatable bonds is 8. The van der Waals surface area contributed by atoms with Crippen LogP contribution in [-0.4, -0.2) is 30.9 Å². The standard InChI is InChI=1S/C20H21NO5/c1-14(20(24)15-6-4-3-5-7-15)26-19(23)13-12-18(22)21-16-8-10-17(25-2)11-9-16/h3-11,14H,12-13H2,1-2H3,(H,21,22)/t14-/m0/s1. The van der Waals surface area contributed by atoms with Gasteiger partial charge in [0.15, 0.2) is 6.10 Å². The molecule has 6 nitrogen and oxygen atoms in total. The van der Waals surface area contributed by atoms with Gasteiger partial charge in [-0.3, -0.25) is 14.4 Å². The van der Waals surface area contributed by atoms with Gasteiger partial charge in [-0.25, -0.2) is 0 Å². The molecule has 0 bridgehead atoms. The number of ketones is 1. The van der Waals surface area contributed by atoms with Crippen LogP contribution in [0.25, 0.3) is 0 Å². The van der Waals surface area contributed by atoms with Gasteiger partial charge in [-0.1, -0.05) is 30.3 Å². The number of ether oxygens (including phenoxy) is 2. The molecule has 0 aliphatic heterocycles. The van der Waals surface area contributed by atoms with E-state index in [0.29, 0.717) is 17.0 Å². The number of carbonyl (C=O) groups is 3. The van der Waals surface area contributed by atoms with Crippen molar-refractivity contribution in [1.82, 2.24) is 0 Å². The Hall–Kier alpha value is -3.15. The van der Waals surface area contributed by atoms with E-state index in [1.165, 1.54) is 6.92 Å². The predicted molar refractivity (Wildman–Crippen MR) is 97.2 cm³/mol. The highest BCUT2D eigenvalue weighted by Gasteiger charge is 2.19. The Kier molecular flexibility index (Phi) is 6.91. The van der Waals surface area contributed by atoms with Gasteiger partial charge in [0.05, 0.1) is 13.5 Å². The quantitative estimate of drug-likeness (QED) is 0.581. The van der Waals surface area contributed by atoms with E-state index in [4.69, 9.17) is 9.47 Å². The number of esters is 1. The Balaban J connectivity index is 1.76. The van der Waals surface area contributed by atoms with Crippen LogP contribution in [0.5, 0.6) is 5.75 Å². The van der Waals surface area contributed by atoms with E-state index in [-0.39, 0.29) is 24.5 Å². The Labute approximate surface area is 152 Å². The fourth-order valence-electron chi connectivity index (χ4n) is 2.26. The number of benzene rings is 2. The van der Waals surface area contributed by atoms with E-state index >= 15 is 0 Å². The largest absolute Gasteiger partial charge is 0.497 e. The van der Waals surface area contributed by atoms with E-state index < -0.39 is 12.1 Å². The molecule has 136 valence electrons. The SMILES string of the molecule is COc1ccc(NC(=O)CCC(=O)O[C@@H](C)C(=O)c2ccccc2)cc1. The number of carbonyl (C=O) groups excluding carboxylic acids is 3.